The van der Waals surface area contributed by atoms with E-state index in [1.54, 1.807) is 0 Å². The van der Waals surface area contributed by atoms with Gasteiger partial charge in [0.05, 0.1) is 18.8 Å². The monoisotopic (exact) mass is 848 g/mol. The fourth-order valence-corrected chi connectivity index (χ4v) is 13.0. The number of halogens is 3. The summed E-state index contributed by atoms with van der Waals surface area (Å²) in [5.41, 5.74) is 0.346. The molecular weight excluding hydrogens is 791 g/mol. The molecule has 12 nitrogen and oxygen atoms in total. The first kappa shape index (κ1) is 42.7. The second-order valence-corrected chi connectivity index (χ2v) is 20.8. The predicted octanol–water partition coefficient (Wildman–Crippen LogP) is 7.25. The molecule has 316 valence electrons. The summed E-state index contributed by atoms with van der Waals surface area (Å²) in [5.74, 6) is -0.0914. The molecule has 17 atom stereocenters. The minimum Gasteiger partial charge on any atom is -0.463 e. The largest absolute Gasteiger partial charge is 0.463 e. The van der Waals surface area contributed by atoms with Gasteiger partial charge in [0.2, 0.25) is 0 Å². The van der Waals surface area contributed by atoms with E-state index in [0.717, 1.165) is 65.4 Å². The van der Waals surface area contributed by atoms with Crippen molar-refractivity contribution in [3.8, 4) is 0 Å². The Balaban J connectivity index is 1.08. The van der Waals surface area contributed by atoms with Crippen LogP contribution in [-0.4, -0.2) is 89.6 Å². The van der Waals surface area contributed by atoms with E-state index in [-0.39, 0.29) is 29.6 Å². The number of carbonyl (C=O) groups excluding carboxylic acids is 4. The minimum atomic E-state index is -2.48. The van der Waals surface area contributed by atoms with Crippen LogP contribution in [-0.2, 0) is 57.1 Å². The maximum Gasteiger partial charge on any atom is 0.359 e. The van der Waals surface area contributed by atoms with Gasteiger partial charge >= 0.3 is 23.9 Å². The molecule has 56 heavy (non-hydrogen) atoms. The zero-order valence-electron chi connectivity index (χ0n) is 33.6. The Kier molecular flexibility index (Phi) is 12.1. The predicted molar refractivity (Wildman–Crippen MR) is 203 cm³/mol. The quantitative estimate of drug-likeness (QED) is 0.110. The first-order valence-corrected chi connectivity index (χ1v) is 21.8. The van der Waals surface area contributed by atoms with Gasteiger partial charge < -0.3 is 37.9 Å². The summed E-state index contributed by atoms with van der Waals surface area (Å²) in [6, 6.07) is 0. The van der Waals surface area contributed by atoms with Gasteiger partial charge in [0.25, 0.3) is 3.79 Å². The van der Waals surface area contributed by atoms with Crippen molar-refractivity contribution in [2.24, 2.45) is 52.3 Å². The Bertz CT molecular complexity index is 1510. The van der Waals surface area contributed by atoms with Gasteiger partial charge in [0.15, 0.2) is 30.4 Å². The fourth-order valence-electron chi connectivity index (χ4n) is 12.8. The topological polar surface area (TPSA) is 142 Å². The second kappa shape index (κ2) is 15.9. The maximum atomic E-state index is 13.0. The Morgan fingerprint density at radius 3 is 2.11 bits per heavy atom. The Hall–Kier alpha value is -1.41. The van der Waals surface area contributed by atoms with E-state index in [0.29, 0.717) is 47.8 Å². The molecule has 0 radical (unpaired) electrons. The summed E-state index contributed by atoms with van der Waals surface area (Å²) in [7, 11) is 0. The number of hydrogen-bond acceptors (Lipinski definition) is 12. The molecule has 0 aromatic heterocycles. The normalized spacial score (nSPS) is 47.1. The van der Waals surface area contributed by atoms with Crippen molar-refractivity contribution in [1.82, 2.24) is 0 Å². The highest BCUT2D eigenvalue weighted by Crippen LogP contribution is 2.71. The van der Waals surface area contributed by atoms with Gasteiger partial charge in [-0.25, -0.2) is 4.79 Å². The van der Waals surface area contributed by atoms with Crippen LogP contribution in [0, 0.1) is 52.3 Å². The highest BCUT2D eigenvalue weighted by Gasteiger charge is 2.69. The molecule has 0 bridgehead atoms. The molecule has 0 unspecified atom stereocenters. The van der Waals surface area contributed by atoms with Gasteiger partial charge in [0, 0.05) is 33.1 Å². The average Bonchev–Trinajstić information content (AvgIpc) is 3.56. The Morgan fingerprint density at radius 1 is 0.768 bits per heavy atom. The number of fused-ring (bicyclic) bond motifs is 7. The van der Waals surface area contributed by atoms with Crippen LogP contribution in [0.15, 0.2) is 0 Å². The highest BCUT2D eigenvalue weighted by molar-refractivity contribution is 6.75. The molecular formula is C41H59Cl3O12. The number of hydrogen-bond donors (Lipinski definition) is 0. The van der Waals surface area contributed by atoms with E-state index in [2.05, 4.69) is 27.7 Å². The van der Waals surface area contributed by atoms with Crippen molar-refractivity contribution in [3.05, 3.63) is 0 Å². The fraction of sp³-hybridized carbons (Fsp3) is 0.902. The lowest BCUT2D eigenvalue weighted by Crippen LogP contribution is -2.64. The van der Waals surface area contributed by atoms with Crippen molar-refractivity contribution in [1.29, 1.82) is 0 Å². The zero-order chi connectivity index (χ0) is 40.5. The summed E-state index contributed by atoms with van der Waals surface area (Å²) in [6.45, 7) is 13.7. The molecule has 0 N–H and O–H groups in total. The number of ether oxygens (including phenoxy) is 8. The van der Waals surface area contributed by atoms with Crippen molar-refractivity contribution in [2.45, 2.75) is 165 Å². The molecule has 15 heteroatoms. The highest BCUT2D eigenvalue weighted by atomic mass is 35.6. The summed E-state index contributed by atoms with van der Waals surface area (Å²) in [4.78, 5) is 49.5. The number of rotatable bonds is 7. The van der Waals surface area contributed by atoms with Gasteiger partial charge in [-0.05, 0) is 104 Å². The van der Waals surface area contributed by atoms with Crippen LogP contribution in [0.1, 0.15) is 113 Å². The third-order valence-corrected chi connectivity index (χ3v) is 15.8. The van der Waals surface area contributed by atoms with E-state index in [9.17, 15) is 19.2 Å². The van der Waals surface area contributed by atoms with E-state index in [1.807, 2.05) is 0 Å². The lowest BCUT2D eigenvalue weighted by molar-refractivity contribution is -0.321. The first-order chi connectivity index (χ1) is 26.3. The smallest absolute Gasteiger partial charge is 0.359 e. The summed E-state index contributed by atoms with van der Waals surface area (Å²) in [5, 5.41) is 0. The molecule has 3 heterocycles. The van der Waals surface area contributed by atoms with E-state index in [1.165, 1.54) is 19.8 Å². The van der Waals surface area contributed by atoms with Crippen LogP contribution in [0.3, 0.4) is 0 Å². The molecule has 7 fully saturated rings. The number of esters is 4. The van der Waals surface area contributed by atoms with Crippen LogP contribution in [0.2, 0.25) is 0 Å². The first-order valence-electron chi connectivity index (χ1n) is 20.6. The van der Waals surface area contributed by atoms with Gasteiger partial charge in [-0.2, -0.15) is 0 Å². The molecule has 0 amide bonds. The standard InChI is InChI=1S/C41H59Cl3O12/c1-20-10-15-40(50-18-20)21(2)32-30(56-40)17-29-27-9-8-25-16-26(11-13-38(25,6)28(27)12-14-39(29,32)7)53-36-35(55-37(48)41(42,43)44)34(52-24(5)47)33(51-23(4)46)31(54-36)19-49-22(3)45/h20-21,25-36H,8-19H2,1-7H3/t20-,21-,25+,26-,27+,28-,29-,30-,31+,32-,33+,34-,35+,36-,38-,39-,40+/m0/s1. The van der Waals surface area contributed by atoms with E-state index >= 15 is 0 Å². The molecule has 3 saturated heterocycles. The third kappa shape index (κ3) is 7.84. The van der Waals surface area contributed by atoms with Crippen molar-refractivity contribution >= 4 is 58.7 Å². The lowest BCUT2D eigenvalue weighted by atomic mass is 9.44. The van der Waals surface area contributed by atoms with Gasteiger partial charge in [-0.1, -0.05) is 62.5 Å². The maximum absolute atomic E-state index is 13.0. The SMILES string of the molecule is CC(=O)OC[C@H]1O[C@H](O[C@H]2CC[C@@]3(C)[C@H](CC[C@@H]4[C@@H]3CC[C@]3(C)[C@@H]5[C@H](C[C@@H]43)O[C@]3(CC[C@H](C)CO3)[C@H]5C)C2)[C@H](OC(=O)C(Cl)(Cl)Cl)[C@@H](OC(C)=O)[C@@H]1OC(C)=O. The van der Waals surface area contributed by atoms with Crippen LogP contribution in [0.25, 0.3) is 0 Å². The van der Waals surface area contributed by atoms with Gasteiger partial charge in [-0.15, -0.1) is 0 Å². The van der Waals surface area contributed by atoms with Gasteiger partial charge in [0.1, 0.15) is 12.7 Å². The summed E-state index contributed by atoms with van der Waals surface area (Å²) in [6.07, 6.45) is 3.44. The van der Waals surface area contributed by atoms with Crippen LogP contribution in [0.5, 0.6) is 0 Å². The second-order valence-electron chi connectivity index (χ2n) is 18.6. The molecule has 7 rings (SSSR count). The zero-order valence-corrected chi connectivity index (χ0v) is 35.9. The average molecular weight is 850 g/mol. The molecule has 3 aliphatic heterocycles. The Morgan fingerprint density at radius 2 is 1.46 bits per heavy atom. The van der Waals surface area contributed by atoms with Crippen molar-refractivity contribution < 1.29 is 57.1 Å². The van der Waals surface area contributed by atoms with E-state index < -0.39 is 64.2 Å². The third-order valence-electron chi connectivity index (χ3n) is 15.3. The molecule has 0 aromatic rings. The van der Waals surface area contributed by atoms with Crippen LogP contribution < -0.4 is 0 Å². The number of alkyl halides is 3. The van der Waals surface area contributed by atoms with Crippen molar-refractivity contribution in [2.75, 3.05) is 13.2 Å². The minimum absolute atomic E-state index is 0.117. The number of carbonyl (C=O) groups is 4. The molecule has 1 spiro atoms. The molecule has 4 saturated carbocycles. The lowest BCUT2D eigenvalue weighted by Gasteiger charge is -2.61. The van der Waals surface area contributed by atoms with Crippen molar-refractivity contribution in [3.63, 3.8) is 0 Å². The molecule has 0 aromatic carbocycles. The Labute approximate surface area is 345 Å². The van der Waals surface area contributed by atoms with Gasteiger partial charge in [-0.3, -0.25) is 14.4 Å². The summed E-state index contributed by atoms with van der Waals surface area (Å²) < 4.78 is 46.1. The molecule has 4 aliphatic carbocycles. The van der Waals surface area contributed by atoms with E-state index in [4.69, 9.17) is 72.7 Å². The summed E-state index contributed by atoms with van der Waals surface area (Å²) >= 11 is 17.7. The van der Waals surface area contributed by atoms with Crippen LogP contribution in [0.4, 0.5) is 0 Å². The molecule has 7 aliphatic rings. The van der Waals surface area contributed by atoms with Crippen LogP contribution >= 0.6 is 34.8 Å².